The largest absolute Gasteiger partial charge is 0.524 e. The van der Waals surface area contributed by atoms with Gasteiger partial charge in [-0.3, -0.25) is 0 Å². The molecule has 0 fully saturated rings. The summed E-state index contributed by atoms with van der Waals surface area (Å²) in [5, 5.41) is 0. The Hall–Kier alpha value is -2.69. The van der Waals surface area contributed by atoms with Crippen molar-refractivity contribution in [3.8, 4) is 11.5 Å². The van der Waals surface area contributed by atoms with E-state index >= 15 is 0 Å². The maximum atomic E-state index is 13.5. The fourth-order valence-corrected chi connectivity index (χ4v) is 7.66. The molecule has 0 spiro atoms. The van der Waals surface area contributed by atoms with Crippen LogP contribution in [-0.4, -0.2) is 28.1 Å². The molecule has 10 heteroatoms. The number of halogens is 3. The van der Waals surface area contributed by atoms with Gasteiger partial charge in [0.1, 0.15) is 11.5 Å². The van der Waals surface area contributed by atoms with Crippen molar-refractivity contribution in [2.75, 3.05) is 14.2 Å². The maximum Gasteiger partial charge on any atom is 0.524 e. The molecule has 32 heavy (non-hydrogen) atoms. The van der Waals surface area contributed by atoms with Crippen molar-refractivity contribution in [1.29, 1.82) is 0 Å². The smallest absolute Gasteiger partial charge is 0.497 e. The molecular formula is C22H21F3O5S2. The predicted octanol–water partition coefficient (Wildman–Crippen LogP) is 6.08. The molecule has 0 aliphatic heterocycles. The number of methoxy groups -OCH3 is 2. The van der Waals surface area contributed by atoms with Crippen LogP contribution in [0, 0.1) is 6.92 Å². The fraction of sp³-hybridized carbons (Fsp3) is 0.182. The Kier molecular flexibility index (Phi) is 6.77. The molecule has 0 unspecified atom stereocenters. The van der Waals surface area contributed by atoms with Gasteiger partial charge in [0.05, 0.1) is 14.2 Å². The first-order valence-electron chi connectivity index (χ1n) is 9.24. The summed E-state index contributed by atoms with van der Waals surface area (Å²) in [6.45, 7) is 1.81. The first-order chi connectivity index (χ1) is 15.0. The third kappa shape index (κ3) is 4.57. The monoisotopic (exact) mass is 486 g/mol. The van der Waals surface area contributed by atoms with Crippen LogP contribution in [0.25, 0.3) is 0 Å². The summed E-state index contributed by atoms with van der Waals surface area (Å²) in [6.07, 6.45) is 0. The highest BCUT2D eigenvalue weighted by Gasteiger charge is 2.52. The molecule has 0 saturated carbocycles. The Balaban J connectivity index is 2.38. The molecule has 3 aromatic rings. The van der Waals surface area contributed by atoms with E-state index in [1.807, 2.05) is 6.92 Å². The minimum absolute atomic E-state index is 0.250. The first-order valence-corrected chi connectivity index (χ1v) is 12.2. The first kappa shape index (κ1) is 24.0. The summed E-state index contributed by atoms with van der Waals surface area (Å²) in [5.74, 6) is 0.915. The van der Waals surface area contributed by atoms with Gasteiger partial charge in [-0.2, -0.15) is 25.2 Å². The van der Waals surface area contributed by atoms with E-state index < -0.39 is 25.9 Å². The molecule has 3 rings (SSSR count). The van der Waals surface area contributed by atoms with Crippen LogP contribution in [0.3, 0.4) is 0 Å². The number of ether oxygens (including phenoxy) is 2. The second-order valence-electron chi connectivity index (χ2n) is 6.69. The molecule has 0 heterocycles. The zero-order valence-electron chi connectivity index (χ0n) is 17.4. The molecule has 0 aliphatic rings. The molecule has 0 aromatic heterocycles. The van der Waals surface area contributed by atoms with Gasteiger partial charge in [0, 0.05) is 14.7 Å². The minimum atomic E-state index is -5.97. The average Bonchev–Trinajstić information content (AvgIpc) is 2.77. The van der Waals surface area contributed by atoms with E-state index in [0.717, 1.165) is 5.56 Å². The second kappa shape index (κ2) is 9.05. The molecular weight excluding hydrogens is 465 g/mol. The lowest BCUT2D eigenvalue weighted by Crippen LogP contribution is -2.27. The second-order valence-corrected chi connectivity index (χ2v) is 11.1. The quantitative estimate of drug-likeness (QED) is 0.379. The summed E-state index contributed by atoms with van der Waals surface area (Å²) in [7, 11) is -6.43. The standard InChI is InChI=1S/C22H21F3O5S2/c1-16-4-10-19(11-5-16)31(30-32(26,27)22(23,24)25,20-12-6-17(28-2)7-13-20)21-14-8-18(29-3)9-15-21/h4-15H,1-3H3. The van der Waals surface area contributed by atoms with Gasteiger partial charge in [-0.25, -0.2) is 0 Å². The van der Waals surface area contributed by atoms with Crippen LogP contribution in [-0.2, 0) is 13.7 Å². The van der Waals surface area contributed by atoms with Gasteiger partial charge in [0.15, 0.2) is 0 Å². The highest BCUT2D eigenvalue weighted by atomic mass is 32.3. The Morgan fingerprint density at radius 2 is 1.00 bits per heavy atom. The Bertz CT molecular complexity index is 1110. The van der Waals surface area contributed by atoms with Crippen LogP contribution in [0.4, 0.5) is 13.2 Å². The van der Waals surface area contributed by atoms with E-state index in [4.69, 9.17) is 13.1 Å². The van der Waals surface area contributed by atoms with E-state index in [1.54, 1.807) is 48.5 Å². The van der Waals surface area contributed by atoms with Crippen molar-refractivity contribution in [3.63, 3.8) is 0 Å². The Labute approximate surface area is 186 Å². The highest BCUT2D eigenvalue weighted by molar-refractivity contribution is 8.33. The third-order valence-corrected chi connectivity index (χ3v) is 9.52. The van der Waals surface area contributed by atoms with E-state index in [-0.39, 0.29) is 14.7 Å². The van der Waals surface area contributed by atoms with Gasteiger partial charge in [-0.15, -0.1) is 0 Å². The molecule has 3 aromatic carbocycles. The number of aryl methyl sites for hydroxylation is 1. The summed E-state index contributed by atoms with van der Waals surface area (Å²) < 4.78 is 80.5. The highest BCUT2D eigenvalue weighted by Crippen LogP contribution is 2.70. The topological polar surface area (TPSA) is 61.8 Å². The number of alkyl halides is 3. The molecule has 0 atom stereocenters. The lowest BCUT2D eigenvalue weighted by Gasteiger charge is -2.39. The molecule has 0 aliphatic carbocycles. The van der Waals surface area contributed by atoms with E-state index in [9.17, 15) is 21.6 Å². The van der Waals surface area contributed by atoms with Gasteiger partial charge >= 0.3 is 15.6 Å². The Morgan fingerprint density at radius 1 is 0.656 bits per heavy atom. The zero-order valence-corrected chi connectivity index (χ0v) is 19.1. The van der Waals surface area contributed by atoms with Gasteiger partial charge in [0.25, 0.3) is 0 Å². The van der Waals surface area contributed by atoms with Crippen molar-refractivity contribution in [2.24, 2.45) is 0 Å². The van der Waals surface area contributed by atoms with E-state index in [0.29, 0.717) is 11.5 Å². The maximum absolute atomic E-state index is 13.5. The molecule has 0 saturated heterocycles. The van der Waals surface area contributed by atoms with Crippen LogP contribution in [0.5, 0.6) is 11.5 Å². The summed E-state index contributed by atoms with van der Waals surface area (Å²) in [4.78, 5) is 0.784. The Morgan fingerprint density at radius 3 is 1.31 bits per heavy atom. The minimum Gasteiger partial charge on any atom is -0.497 e. The molecule has 172 valence electrons. The number of hydrogen-bond acceptors (Lipinski definition) is 5. The SMILES string of the molecule is COc1ccc(S(OS(=O)(=O)C(F)(F)F)(c2ccc(C)cc2)c2ccc(OC)cc2)cc1. The fourth-order valence-electron chi connectivity index (χ4n) is 2.96. The van der Waals surface area contributed by atoms with Crippen LogP contribution in [0.1, 0.15) is 5.56 Å². The van der Waals surface area contributed by atoms with Crippen LogP contribution >= 0.6 is 10.3 Å². The number of benzene rings is 3. The van der Waals surface area contributed by atoms with Crippen LogP contribution < -0.4 is 9.47 Å². The molecule has 0 radical (unpaired) electrons. The molecule has 5 nitrogen and oxygen atoms in total. The number of hydrogen-bond donors (Lipinski definition) is 0. The van der Waals surface area contributed by atoms with Crippen molar-refractivity contribution < 1.29 is 34.7 Å². The van der Waals surface area contributed by atoms with Gasteiger partial charge in [-0.1, -0.05) is 17.7 Å². The normalized spacial score (nSPS) is 12.9. The molecule has 0 bridgehead atoms. The van der Waals surface area contributed by atoms with Gasteiger partial charge in [-0.05, 0) is 77.9 Å². The summed E-state index contributed by atoms with van der Waals surface area (Å²) in [5.41, 5.74) is -4.75. The van der Waals surface area contributed by atoms with Crippen molar-refractivity contribution in [2.45, 2.75) is 27.1 Å². The van der Waals surface area contributed by atoms with Crippen LogP contribution in [0.15, 0.2) is 87.5 Å². The lowest BCUT2D eigenvalue weighted by atomic mass is 10.2. The van der Waals surface area contributed by atoms with Crippen molar-refractivity contribution in [3.05, 3.63) is 78.4 Å². The summed E-state index contributed by atoms with van der Waals surface area (Å²) >= 11 is 0. The third-order valence-electron chi connectivity index (χ3n) is 4.61. The lowest BCUT2D eigenvalue weighted by molar-refractivity contribution is -0.0496. The summed E-state index contributed by atoms with van der Waals surface area (Å²) in [6, 6.07) is 18.7. The molecule has 0 N–H and O–H groups in total. The van der Waals surface area contributed by atoms with E-state index in [2.05, 4.69) is 0 Å². The van der Waals surface area contributed by atoms with Gasteiger partial charge in [0.2, 0.25) is 0 Å². The average molecular weight is 487 g/mol. The van der Waals surface area contributed by atoms with E-state index in [1.165, 1.54) is 38.5 Å². The zero-order chi connectivity index (χ0) is 23.6. The van der Waals surface area contributed by atoms with Crippen molar-refractivity contribution in [1.82, 2.24) is 0 Å². The number of rotatable bonds is 7. The van der Waals surface area contributed by atoms with Crippen molar-refractivity contribution >= 4 is 20.4 Å². The van der Waals surface area contributed by atoms with Gasteiger partial charge < -0.3 is 9.47 Å². The van der Waals surface area contributed by atoms with Crippen LogP contribution in [0.2, 0.25) is 0 Å². The predicted molar refractivity (Wildman–Crippen MR) is 116 cm³/mol. The molecule has 0 amide bonds.